The Labute approximate surface area is 114 Å². The molecular weight excluding hydrogens is 298 g/mol. The number of rotatable bonds is 4. The molecule has 0 spiro atoms. The monoisotopic (exact) mass is 313 g/mol. The van der Waals surface area contributed by atoms with Crippen LogP contribution in [0.5, 0.6) is 0 Å². The number of aromatic nitrogens is 2. The number of thiophene rings is 1. The fourth-order valence-corrected chi connectivity index (χ4v) is 3.35. The molecular formula is C12H16BrN3S. The van der Waals surface area contributed by atoms with Gasteiger partial charge in [-0.15, -0.1) is 11.3 Å². The Hall–Kier alpha value is -0.650. The van der Waals surface area contributed by atoms with Crippen LogP contribution in [0.2, 0.25) is 0 Å². The molecule has 1 N–H and O–H groups in total. The molecule has 2 heterocycles. The maximum absolute atomic E-state index is 4.61. The van der Waals surface area contributed by atoms with Gasteiger partial charge in [-0.25, -0.2) is 0 Å². The van der Waals surface area contributed by atoms with Crippen molar-refractivity contribution in [2.24, 2.45) is 0 Å². The van der Waals surface area contributed by atoms with Crippen molar-refractivity contribution in [2.75, 3.05) is 7.05 Å². The summed E-state index contributed by atoms with van der Waals surface area (Å²) in [5, 5.41) is 9.89. The van der Waals surface area contributed by atoms with Crippen LogP contribution in [0, 0.1) is 13.8 Å². The molecule has 0 aliphatic heterocycles. The molecule has 0 aliphatic rings. The maximum Gasteiger partial charge on any atom is 0.0766 e. The lowest BCUT2D eigenvalue weighted by atomic mass is 10.2. The molecule has 5 heteroatoms. The molecule has 2 aromatic heterocycles. The van der Waals surface area contributed by atoms with Crippen LogP contribution in [0.1, 0.15) is 21.8 Å². The maximum atomic E-state index is 4.61. The molecule has 0 atom stereocenters. The number of halogens is 1. The second kappa shape index (κ2) is 5.33. The second-order valence-corrected chi connectivity index (χ2v) is 5.88. The molecule has 17 heavy (non-hydrogen) atoms. The molecule has 0 radical (unpaired) electrons. The Bertz CT molecular complexity index is 516. The molecule has 0 unspecified atom stereocenters. The summed E-state index contributed by atoms with van der Waals surface area (Å²) in [5.74, 6) is 0. The van der Waals surface area contributed by atoms with Gasteiger partial charge in [-0.3, -0.25) is 4.68 Å². The Balaban J connectivity index is 2.28. The van der Waals surface area contributed by atoms with Gasteiger partial charge in [0.2, 0.25) is 0 Å². The van der Waals surface area contributed by atoms with Crippen molar-refractivity contribution in [3.63, 3.8) is 0 Å². The van der Waals surface area contributed by atoms with Crippen molar-refractivity contribution in [3.8, 4) is 0 Å². The molecule has 3 nitrogen and oxygen atoms in total. The fourth-order valence-electron chi connectivity index (χ4n) is 1.89. The SMILES string of the molecule is CNCc1c(C)nn(Cc2sccc2Br)c1C. The van der Waals surface area contributed by atoms with Crippen molar-refractivity contribution in [1.29, 1.82) is 0 Å². The third kappa shape index (κ3) is 2.61. The lowest BCUT2D eigenvalue weighted by Crippen LogP contribution is -2.08. The van der Waals surface area contributed by atoms with E-state index in [4.69, 9.17) is 0 Å². The van der Waals surface area contributed by atoms with E-state index >= 15 is 0 Å². The lowest BCUT2D eigenvalue weighted by Gasteiger charge is -2.04. The molecule has 2 rings (SSSR count). The van der Waals surface area contributed by atoms with Crippen LogP contribution in [0.25, 0.3) is 0 Å². The summed E-state index contributed by atoms with van der Waals surface area (Å²) in [7, 11) is 1.96. The molecule has 0 saturated carbocycles. The molecule has 2 aromatic rings. The quantitative estimate of drug-likeness (QED) is 0.940. The minimum atomic E-state index is 0.842. The first kappa shape index (κ1) is 12.8. The highest BCUT2D eigenvalue weighted by molar-refractivity contribution is 9.10. The smallest absolute Gasteiger partial charge is 0.0766 e. The van der Waals surface area contributed by atoms with Gasteiger partial charge >= 0.3 is 0 Å². The number of nitrogens with zero attached hydrogens (tertiary/aromatic N) is 2. The van der Waals surface area contributed by atoms with E-state index in [0.29, 0.717) is 0 Å². The highest BCUT2D eigenvalue weighted by atomic mass is 79.9. The zero-order valence-corrected chi connectivity index (χ0v) is 12.7. The van der Waals surface area contributed by atoms with E-state index in [2.05, 4.69) is 56.3 Å². The van der Waals surface area contributed by atoms with E-state index in [1.54, 1.807) is 11.3 Å². The van der Waals surface area contributed by atoms with Crippen LogP contribution < -0.4 is 5.32 Å². The zero-order valence-electron chi connectivity index (χ0n) is 10.2. The standard InChI is InChI=1S/C12H16BrN3S/c1-8-10(6-14-3)9(2)16(15-8)7-12-11(13)4-5-17-12/h4-5,14H,6-7H2,1-3H3. The summed E-state index contributed by atoms with van der Waals surface area (Å²) in [5.41, 5.74) is 3.67. The van der Waals surface area contributed by atoms with Gasteiger partial charge in [0.1, 0.15) is 0 Å². The summed E-state index contributed by atoms with van der Waals surface area (Å²) in [4.78, 5) is 1.31. The van der Waals surface area contributed by atoms with Crippen molar-refractivity contribution in [2.45, 2.75) is 26.9 Å². The van der Waals surface area contributed by atoms with Crippen LogP contribution in [0.15, 0.2) is 15.9 Å². The second-order valence-electron chi connectivity index (χ2n) is 4.03. The van der Waals surface area contributed by atoms with Gasteiger partial charge in [0.25, 0.3) is 0 Å². The normalized spacial score (nSPS) is 11.1. The van der Waals surface area contributed by atoms with Crippen LogP contribution in [-0.4, -0.2) is 16.8 Å². The van der Waals surface area contributed by atoms with Crippen LogP contribution >= 0.6 is 27.3 Å². The summed E-state index contributed by atoms with van der Waals surface area (Å²) in [6, 6.07) is 2.08. The van der Waals surface area contributed by atoms with E-state index in [0.717, 1.165) is 18.8 Å². The van der Waals surface area contributed by atoms with Gasteiger partial charge in [0.05, 0.1) is 12.2 Å². The molecule has 0 amide bonds. The number of hydrogen-bond donors (Lipinski definition) is 1. The molecule has 0 aromatic carbocycles. The predicted octanol–water partition coefficient (Wildman–Crippen LogP) is 3.09. The van der Waals surface area contributed by atoms with E-state index in [1.807, 2.05) is 7.05 Å². The highest BCUT2D eigenvalue weighted by Crippen LogP contribution is 2.24. The molecule has 0 saturated heterocycles. The van der Waals surface area contributed by atoms with E-state index in [-0.39, 0.29) is 0 Å². The van der Waals surface area contributed by atoms with Crippen molar-refractivity contribution in [3.05, 3.63) is 37.7 Å². The first-order valence-electron chi connectivity index (χ1n) is 5.52. The third-order valence-corrected chi connectivity index (χ3v) is 4.78. The summed E-state index contributed by atoms with van der Waals surface area (Å²) >= 11 is 5.32. The van der Waals surface area contributed by atoms with E-state index in [1.165, 1.54) is 20.6 Å². The summed E-state index contributed by atoms with van der Waals surface area (Å²) in [6.07, 6.45) is 0. The third-order valence-electron chi connectivity index (χ3n) is 2.87. The number of aryl methyl sites for hydroxylation is 1. The highest BCUT2D eigenvalue weighted by Gasteiger charge is 2.12. The van der Waals surface area contributed by atoms with Crippen molar-refractivity contribution in [1.82, 2.24) is 15.1 Å². The van der Waals surface area contributed by atoms with Gasteiger partial charge in [-0.1, -0.05) is 0 Å². The van der Waals surface area contributed by atoms with Crippen LogP contribution in [0.3, 0.4) is 0 Å². The molecule has 0 aliphatic carbocycles. The van der Waals surface area contributed by atoms with Crippen molar-refractivity contribution >= 4 is 27.3 Å². The largest absolute Gasteiger partial charge is 0.316 e. The molecule has 92 valence electrons. The van der Waals surface area contributed by atoms with Gasteiger partial charge in [-0.05, 0) is 48.3 Å². The predicted molar refractivity (Wildman–Crippen MR) is 75.6 cm³/mol. The molecule has 0 fully saturated rings. The van der Waals surface area contributed by atoms with E-state index < -0.39 is 0 Å². The average molecular weight is 314 g/mol. The number of hydrogen-bond acceptors (Lipinski definition) is 3. The minimum Gasteiger partial charge on any atom is -0.316 e. The van der Waals surface area contributed by atoms with Crippen LogP contribution in [0.4, 0.5) is 0 Å². The number of nitrogens with one attached hydrogen (secondary N) is 1. The van der Waals surface area contributed by atoms with Gasteiger partial charge < -0.3 is 5.32 Å². The topological polar surface area (TPSA) is 29.9 Å². The van der Waals surface area contributed by atoms with Crippen LogP contribution in [-0.2, 0) is 13.1 Å². The van der Waals surface area contributed by atoms with E-state index in [9.17, 15) is 0 Å². The van der Waals surface area contributed by atoms with Gasteiger partial charge in [-0.2, -0.15) is 5.10 Å². The summed E-state index contributed by atoms with van der Waals surface area (Å²) < 4.78 is 3.25. The Morgan fingerprint density at radius 1 is 1.47 bits per heavy atom. The molecule has 0 bridgehead atoms. The average Bonchev–Trinajstić information content (AvgIpc) is 2.79. The van der Waals surface area contributed by atoms with Gasteiger partial charge in [0, 0.05) is 27.2 Å². The Morgan fingerprint density at radius 2 is 2.24 bits per heavy atom. The van der Waals surface area contributed by atoms with Crippen molar-refractivity contribution < 1.29 is 0 Å². The van der Waals surface area contributed by atoms with Gasteiger partial charge in [0.15, 0.2) is 0 Å². The minimum absolute atomic E-state index is 0.842. The Kier molecular flexibility index (Phi) is 4.01. The first-order chi connectivity index (χ1) is 8.13. The summed E-state index contributed by atoms with van der Waals surface area (Å²) in [6.45, 7) is 5.92. The zero-order chi connectivity index (χ0) is 12.4. The first-order valence-corrected chi connectivity index (χ1v) is 7.20. The lowest BCUT2D eigenvalue weighted by molar-refractivity contribution is 0.662. The Morgan fingerprint density at radius 3 is 2.82 bits per heavy atom. The fraction of sp³-hybridized carbons (Fsp3) is 0.417.